The van der Waals surface area contributed by atoms with Crippen LogP contribution in [0.3, 0.4) is 0 Å². The molecule has 0 spiro atoms. The first-order chi connectivity index (χ1) is 7.31. The fourth-order valence-electron chi connectivity index (χ4n) is 0.823. The summed E-state index contributed by atoms with van der Waals surface area (Å²) in [4.78, 5) is 36.0. The Hall–Kier alpha value is 2.04. The van der Waals surface area contributed by atoms with Crippen molar-refractivity contribution < 1.29 is 133 Å². The van der Waals surface area contributed by atoms with Crippen molar-refractivity contribution in [3.05, 3.63) is 11.5 Å². The van der Waals surface area contributed by atoms with Gasteiger partial charge in [-0.1, -0.05) is 0 Å². The van der Waals surface area contributed by atoms with Gasteiger partial charge in [-0.15, -0.1) is 0 Å². The predicted molar refractivity (Wildman–Crippen MR) is 42.2 cm³/mol. The van der Waals surface area contributed by atoms with Gasteiger partial charge in [-0.2, -0.15) is 0 Å². The summed E-state index contributed by atoms with van der Waals surface area (Å²) >= 11 is 0. The Labute approximate surface area is 176 Å². The molecular formula is C6H8Na3O9P. The van der Waals surface area contributed by atoms with E-state index in [1.165, 1.54) is 0 Å². The van der Waals surface area contributed by atoms with Gasteiger partial charge in [-0.05, 0) is 0 Å². The van der Waals surface area contributed by atoms with E-state index >= 15 is 0 Å². The molecule has 1 aliphatic heterocycles. The maximum atomic E-state index is 10.5. The van der Waals surface area contributed by atoms with Crippen LogP contribution >= 0.6 is 8.60 Å². The van der Waals surface area contributed by atoms with Crippen molar-refractivity contribution in [3.8, 4) is 0 Å². The zero-order chi connectivity index (χ0) is 12.9. The number of carbonyl (C=O) groups excluding carboxylic acids is 1. The second-order valence-corrected chi connectivity index (χ2v) is 2.98. The van der Waals surface area contributed by atoms with Crippen molar-refractivity contribution in [3.63, 3.8) is 0 Å². The first kappa shape index (κ1) is 29.1. The number of carbonyl (C=O) groups is 1. The van der Waals surface area contributed by atoms with Gasteiger partial charge in [0.15, 0.2) is 11.9 Å². The number of hydrogen-bond donors (Lipinski definition) is 4. The molecule has 94 valence electrons. The maximum absolute atomic E-state index is 10.5. The number of rotatable bonds is 2. The van der Waals surface area contributed by atoms with Crippen molar-refractivity contribution in [2.24, 2.45) is 0 Å². The third-order valence-corrected chi connectivity index (χ3v) is 1.48. The molecule has 0 aliphatic carbocycles. The molecule has 0 amide bonds. The van der Waals surface area contributed by atoms with Crippen LogP contribution in [0.25, 0.3) is 0 Å². The quantitative estimate of drug-likeness (QED) is 0.218. The summed E-state index contributed by atoms with van der Waals surface area (Å²) in [6.45, 7) is -0.671. The van der Waals surface area contributed by atoms with Crippen LogP contribution < -0.4 is 103 Å². The largest absolute Gasteiger partial charge is 1.00 e. The van der Waals surface area contributed by atoms with Gasteiger partial charge in [0.2, 0.25) is 5.76 Å². The van der Waals surface area contributed by atoms with E-state index < -0.39 is 44.9 Å². The summed E-state index contributed by atoms with van der Waals surface area (Å²) in [5.41, 5.74) is 0. The number of cyclic esters (lactones) is 1. The zero-order valence-electron chi connectivity index (χ0n) is 10.6. The summed E-state index contributed by atoms with van der Waals surface area (Å²) in [5.74, 6) is -2.78. The first-order valence-electron chi connectivity index (χ1n) is 3.74. The molecule has 9 nitrogen and oxygen atoms in total. The van der Waals surface area contributed by atoms with E-state index in [1.807, 2.05) is 0 Å². The van der Waals surface area contributed by atoms with E-state index in [1.54, 1.807) is 0 Å². The van der Waals surface area contributed by atoms with E-state index in [9.17, 15) is 4.79 Å². The average molecular weight is 324 g/mol. The summed E-state index contributed by atoms with van der Waals surface area (Å²) in [6, 6.07) is 0. The van der Waals surface area contributed by atoms with Crippen LogP contribution in [-0.2, 0) is 9.53 Å². The summed E-state index contributed by atoms with van der Waals surface area (Å²) < 4.78 is 4.32. The van der Waals surface area contributed by atoms with Crippen LogP contribution in [-0.4, -0.2) is 45.2 Å². The van der Waals surface area contributed by atoms with Crippen LogP contribution in [0, 0.1) is 0 Å². The molecule has 0 fully saturated rings. The van der Waals surface area contributed by atoms with Crippen LogP contribution in [0.1, 0.15) is 0 Å². The second-order valence-electron chi connectivity index (χ2n) is 2.53. The fourth-order valence-corrected chi connectivity index (χ4v) is 0.823. The molecule has 1 rings (SSSR count). The first-order valence-corrected chi connectivity index (χ1v) is 4.84. The number of aliphatic hydroxyl groups excluding tert-OH is 4. The zero-order valence-corrected chi connectivity index (χ0v) is 17.5. The van der Waals surface area contributed by atoms with E-state index in [0.29, 0.717) is 0 Å². The van der Waals surface area contributed by atoms with E-state index in [2.05, 4.69) is 4.74 Å². The monoisotopic (exact) mass is 324 g/mol. The minimum absolute atomic E-state index is 0. The normalized spacial score (nSPS) is 18.2. The van der Waals surface area contributed by atoms with Crippen molar-refractivity contribution in [2.75, 3.05) is 6.61 Å². The van der Waals surface area contributed by atoms with Crippen molar-refractivity contribution >= 4 is 14.6 Å². The molecule has 0 aromatic rings. The third kappa shape index (κ3) is 11.3. The fraction of sp³-hybridized carbons (Fsp3) is 0.500. The molecule has 2 atom stereocenters. The minimum Gasteiger partial charge on any atom is -0.854 e. The Kier molecular flexibility index (Phi) is 22.9. The molecule has 0 unspecified atom stereocenters. The van der Waals surface area contributed by atoms with Gasteiger partial charge in [0.25, 0.3) is 0 Å². The van der Waals surface area contributed by atoms with E-state index in [4.69, 9.17) is 35.1 Å². The van der Waals surface area contributed by atoms with Gasteiger partial charge in [0, 0.05) is 0 Å². The van der Waals surface area contributed by atoms with Gasteiger partial charge in [-0.3, -0.25) is 0 Å². The standard InChI is InChI=1S/C6H8O6.3Na.O3P/c7-1-2(8)5-3(9)4(10)6(11)12-5;;;;1-4(2)3/h2,5,7-10H,1H2;;;;/q;3*+1;-3/t2-,5+;;;;/m0..../s1. The molecular weight excluding hydrogens is 316 g/mol. The third-order valence-electron chi connectivity index (χ3n) is 1.48. The summed E-state index contributed by atoms with van der Waals surface area (Å²) in [7, 11) is -3.37. The second kappa shape index (κ2) is 15.0. The maximum Gasteiger partial charge on any atom is 1.00 e. The SMILES string of the molecule is O=C1O[C@H]([C@@H](O)CO)C(O)=C1O.[Na+].[Na+].[Na+].[O-]P([O-])[O-]. The molecule has 4 N–H and O–H groups in total. The van der Waals surface area contributed by atoms with Crippen molar-refractivity contribution in [1.82, 2.24) is 0 Å². The topological polar surface area (TPSA) is 176 Å². The number of esters is 1. The van der Waals surface area contributed by atoms with Gasteiger partial charge in [0.05, 0.1) is 6.61 Å². The molecule has 0 bridgehead atoms. The number of hydrogen-bond acceptors (Lipinski definition) is 9. The van der Waals surface area contributed by atoms with Crippen molar-refractivity contribution in [2.45, 2.75) is 12.2 Å². The van der Waals surface area contributed by atoms with Crippen LogP contribution in [0.4, 0.5) is 0 Å². The minimum atomic E-state index is -3.37. The summed E-state index contributed by atoms with van der Waals surface area (Å²) in [5, 5.41) is 35.0. The number of aliphatic hydroxyl groups is 4. The Morgan fingerprint density at radius 3 is 1.79 bits per heavy atom. The molecule has 0 aromatic heterocycles. The van der Waals surface area contributed by atoms with Crippen molar-refractivity contribution in [1.29, 1.82) is 0 Å². The van der Waals surface area contributed by atoms with Crippen LogP contribution in [0.2, 0.25) is 0 Å². The smallest absolute Gasteiger partial charge is 0.854 e. The Morgan fingerprint density at radius 2 is 1.58 bits per heavy atom. The number of ether oxygens (including phenoxy) is 1. The average Bonchev–Trinajstić information content (AvgIpc) is 2.44. The Bertz CT molecular complexity index is 284. The molecule has 1 heterocycles. The van der Waals surface area contributed by atoms with Crippen LogP contribution in [0.5, 0.6) is 0 Å². The van der Waals surface area contributed by atoms with E-state index in [0.717, 1.165) is 0 Å². The molecule has 1 aliphatic rings. The molecule has 0 saturated carbocycles. The van der Waals surface area contributed by atoms with Gasteiger partial charge >= 0.3 is 94.6 Å². The molecule has 0 aromatic carbocycles. The van der Waals surface area contributed by atoms with Crippen LogP contribution in [0.15, 0.2) is 11.5 Å². The molecule has 13 heteroatoms. The van der Waals surface area contributed by atoms with Gasteiger partial charge < -0.3 is 48.4 Å². The van der Waals surface area contributed by atoms with E-state index in [-0.39, 0.29) is 88.7 Å². The van der Waals surface area contributed by atoms with Gasteiger partial charge in [0.1, 0.15) is 6.10 Å². The molecule has 0 radical (unpaired) electrons. The van der Waals surface area contributed by atoms with Gasteiger partial charge in [-0.25, -0.2) is 4.79 Å². The summed E-state index contributed by atoms with van der Waals surface area (Å²) in [6.07, 6.45) is -2.78. The molecule has 19 heavy (non-hydrogen) atoms. The Morgan fingerprint density at radius 1 is 1.21 bits per heavy atom. The molecule has 0 saturated heterocycles. The predicted octanol–water partition coefficient (Wildman–Crippen LogP) is -13.1. The Balaban J connectivity index is -0.000000144.